The van der Waals surface area contributed by atoms with Crippen LogP contribution in [0.3, 0.4) is 0 Å². The van der Waals surface area contributed by atoms with Crippen LogP contribution in [0.4, 0.5) is 5.69 Å². The standard InChI is InChI=1S/C28H29ClN2O5S/c1-2-36-28(33)23-16-18-30(19-17-23)27(32)22-10-14-25(15-11-22)31(20-21-8-12-24(29)13-9-21)37(34,35)26-6-4-3-5-7-26/h3-15,23H,2,16-20H2,1H3. The topological polar surface area (TPSA) is 84.0 Å². The Hall–Kier alpha value is -3.36. The second kappa shape index (κ2) is 11.8. The Labute approximate surface area is 222 Å². The lowest BCUT2D eigenvalue weighted by atomic mass is 9.96. The predicted molar refractivity (Wildman–Crippen MR) is 143 cm³/mol. The molecule has 37 heavy (non-hydrogen) atoms. The van der Waals surface area contributed by atoms with Gasteiger partial charge in [-0.1, -0.05) is 41.9 Å². The van der Waals surface area contributed by atoms with Gasteiger partial charge >= 0.3 is 5.97 Å². The van der Waals surface area contributed by atoms with E-state index in [1.165, 1.54) is 4.31 Å². The Morgan fingerprint density at radius 3 is 2.16 bits per heavy atom. The molecule has 7 nitrogen and oxygen atoms in total. The number of sulfonamides is 1. The number of piperidine rings is 1. The van der Waals surface area contributed by atoms with Gasteiger partial charge in [-0.15, -0.1) is 0 Å². The molecule has 0 unspecified atom stereocenters. The molecule has 1 heterocycles. The number of carbonyl (C=O) groups excluding carboxylic acids is 2. The Bertz CT molecular complexity index is 1320. The number of anilines is 1. The van der Waals surface area contributed by atoms with E-state index in [9.17, 15) is 18.0 Å². The molecule has 1 aliphatic rings. The van der Waals surface area contributed by atoms with Gasteiger partial charge in [0.2, 0.25) is 0 Å². The molecule has 1 amide bonds. The number of likely N-dealkylation sites (tertiary alicyclic amines) is 1. The fraction of sp³-hybridized carbons (Fsp3) is 0.286. The maximum Gasteiger partial charge on any atom is 0.309 e. The molecule has 0 N–H and O–H groups in total. The van der Waals surface area contributed by atoms with Crippen molar-refractivity contribution in [3.8, 4) is 0 Å². The largest absolute Gasteiger partial charge is 0.466 e. The molecule has 4 rings (SSSR count). The number of benzene rings is 3. The predicted octanol–water partition coefficient (Wildman–Crippen LogP) is 5.15. The molecule has 0 spiro atoms. The number of carbonyl (C=O) groups is 2. The fourth-order valence-electron chi connectivity index (χ4n) is 4.32. The zero-order valence-corrected chi connectivity index (χ0v) is 22.1. The highest BCUT2D eigenvalue weighted by atomic mass is 35.5. The summed E-state index contributed by atoms with van der Waals surface area (Å²) in [6, 6.07) is 21.8. The lowest BCUT2D eigenvalue weighted by Gasteiger charge is -2.31. The molecule has 1 saturated heterocycles. The van der Waals surface area contributed by atoms with Crippen molar-refractivity contribution in [2.45, 2.75) is 31.2 Å². The average Bonchev–Trinajstić information content (AvgIpc) is 2.93. The lowest BCUT2D eigenvalue weighted by molar-refractivity contribution is -0.149. The molecule has 0 radical (unpaired) electrons. The fourth-order valence-corrected chi connectivity index (χ4v) is 5.92. The van der Waals surface area contributed by atoms with E-state index >= 15 is 0 Å². The minimum Gasteiger partial charge on any atom is -0.466 e. The number of ether oxygens (including phenoxy) is 1. The summed E-state index contributed by atoms with van der Waals surface area (Å²) in [7, 11) is -3.87. The van der Waals surface area contributed by atoms with E-state index in [4.69, 9.17) is 16.3 Å². The highest BCUT2D eigenvalue weighted by Gasteiger charge is 2.29. The summed E-state index contributed by atoms with van der Waals surface area (Å²) in [5, 5.41) is 0.565. The highest BCUT2D eigenvalue weighted by molar-refractivity contribution is 7.92. The van der Waals surface area contributed by atoms with Crippen molar-refractivity contribution in [1.82, 2.24) is 4.90 Å². The van der Waals surface area contributed by atoms with Gasteiger partial charge in [-0.05, 0) is 73.9 Å². The van der Waals surface area contributed by atoms with Crippen LogP contribution in [0.1, 0.15) is 35.7 Å². The van der Waals surface area contributed by atoms with E-state index in [2.05, 4.69) is 0 Å². The number of esters is 1. The van der Waals surface area contributed by atoms with E-state index in [1.807, 2.05) is 0 Å². The number of rotatable bonds is 8. The van der Waals surface area contributed by atoms with Crippen LogP contribution < -0.4 is 4.31 Å². The van der Waals surface area contributed by atoms with Crippen molar-refractivity contribution >= 4 is 39.2 Å². The normalized spacial score (nSPS) is 14.3. The van der Waals surface area contributed by atoms with E-state index in [0.29, 0.717) is 48.8 Å². The summed E-state index contributed by atoms with van der Waals surface area (Å²) < 4.78 is 33.6. The van der Waals surface area contributed by atoms with Gasteiger partial charge in [0, 0.05) is 23.7 Å². The molecule has 3 aromatic carbocycles. The molecule has 9 heteroatoms. The van der Waals surface area contributed by atoms with Crippen LogP contribution >= 0.6 is 11.6 Å². The summed E-state index contributed by atoms with van der Waals surface area (Å²) in [6.45, 7) is 3.16. The van der Waals surface area contributed by atoms with Crippen LogP contribution in [0.25, 0.3) is 0 Å². The van der Waals surface area contributed by atoms with Crippen LogP contribution in [-0.4, -0.2) is 44.9 Å². The quantitative estimate of drug-likeness (QED) is 0.369. The SMILES string of the molecule is CCOC(=O)C1CCN(C(=O)c2ccc(N(Cc3ccc(Cl)cc3)S(=O)(=O)c3ccccc3)cc2)CC1. The molecular formula is C28H29ClN2O5S. The molecule has 3 aromatic rings. The Balaban J connectivity index is 1.54. The van der Waals surface area contributed by atoms with Crippen LogP contribution in [0.2, 0.25) is 5.02 Å². The summed E-state index contributed by atoms with van der Waals surface area (Å²) in [5.74, 6) is -0.542. The van der Waals surface area contributed by atoms with Crippen molar-refractivity contribution in [1.29, 1.82) is 0 Å². The lowest BCUT2D eigenvalue weighted by Crippen LogP contribution is -2.40. The van der Waals surface area contributed by atoms with E-state index < -0.39 is 10.0 Å². The van der Waals surface area contributed by atoms with Gasteiger partial charge in [0.05, 0.1) is 29.7 Å². The monoisotopic (exact) mass is 540 g/mol. The summed E-state index contributed by atoms with van der Waals surface area (Å²) in [4.78, 5) is 27.0. The molecule has 1 fully saturated rings. The molecule has 0 bridgehead atoms. The summed E-state index contributed by atoms with van der Waals surface area (Å²) in [6.07, 6.45) is 1.12. The first-order valence-corrected chi connectivity index (χ1v) is 14.0. The van der Waals surface area contributed by atoms with Crippen LogP contribution in [-0.2, 0) is 26.1 Å². The van der Waals surface area contributed by atoms with Crippen molar-refractivity contribution in [2.75, 3.05) is 24.0 Å². The van der Waals surface area contributed by atoms with Gasteiger partial charge < -0.3 is 9.64 Å². The maximum absolute atomic E-state index is 13.6. The van der Waals surface area contributed by atoms with Crippen molar-refractivity contribution in [3.05, 3.63) is 95.0 Å². The number of hydrogen-bond acceptors (Lipinski definition) is 5. The van der Waals surface area contributed by atoms with E-state index in [-0.39, 0.29) is 29.2 Å². The van der Waals surface area contributed by atoms with Crippen LogP contribution in [0.15, 0.2) is 83.8 Å². The molecule has 0 atom stereocenters. The Kier molecular flexibility index (Phi) is 8.51. The minimum atomic E-state index is -3.87. The zero-order valence-electron chi connectivity index (χ0n) is 20.5. The summed E-state index contributed by atoms with van der Waals surface area (Å²) >= 11 is 6.01. The van der Waals surface area contributed by atoms with Crippen LogP contribution in [0, 0.1) is 5.92 Å². The first-order chi connectivity index (χ1) is 17.8. The number of amides is 1. The smallest absolute Gasteiger partial charge is 0.309 e. The first kappa shape index (κ1) is 26.7. The molecule has 0 aliphatic carbocycles. The molecule has 0 saturated carbocycles. The van der Waals surface area contributed by atoms with Crippen LogP contribution in [0.5, 0.6) is 0 Å². The van der Waals surface area contributed by atoms with Crippen molar-refractivity contribution < 1.29 is 22.7 Å². The molecule has 0 aromatic heterocycles. The number of halogens is 1. The second-order valence-electron chi connectivity index (χ2n) is 8.82. The van der Waals surface area contributed by atoms with E-state index in [0.717, 1.165) is 5.56 Å². The minimum absolute atomic E-state index is 0.100. The van der Waals surface area contributed by atoms with Gasteiger partial charge in [-0.2, -0.15) is 0 Å². The number of nitrogens with zero attached hydrogens (tertiary/aromatic N) is 2. The molecule has 1 aliphatic heterocycles. The summed E-state index contributed by atoms with van der Waals surface area (Å²) in [5.41, 5.74) is 1.67. The first-order valence-electron chi connectivity index (χ1n) is 12.2. The van der Waals surface area contributed by atoms with Crippen molar-refractivity contribution in [2.24, 2.45) is 5.92 Å². The van der Waals surface area contributed by atoms with Gasteiger partial charge in [0.25, 0.3) is 15.9 Å². The maximum atomic E-state index is 13.6. The second-order valence-corrected chi connectivity index (χ2v) is 11.1. The van der Waals surface area contributed by atoms with Gasteiger partial charge in [-0.25, -0.2) is 8.42 Å². The van der Waals surface area contributed by atoms with Gasteiger partial charge in [0.15, 0.2) is 0 Å². The third-order valence-corrected chi connectivity index (χ3v) is 8.42. The average molecular weight is 541 g/mol. The van der Waals surface area contributed by atoms with Gasteiger partial charge in [-0.3, -0.25) is 13.9 Å². The Morgan fingerprint density at radius 1 is 0.946 bits per heavy atom. The third kappa shape index (κ3) is 6.32. The van der Waals surface area contributed by atoms with Crippen molar-refractivity contribution in [3.63, 3.8) is 0 Å². The Morgan fingerprint density at radius 2 is 1.57 bits per heavy atom. The molecular weight excluding hydrogens is 512 g/mol. The zero-order chi connectivity index (χ0) is 26.4. The third-order valence-electron chi connectivity index (χ3n) is 6.37. The molecule has 194 valence electrons. The van der Waals surface area contributed by atoms with Gasteiger partial charge in [0.1, 0.15) is 0 Å². The number of hydrogen-bond donors (Lipinski definition) is 0. The highest BCUT2D eigenvalue weighted by Crippen LogP contribution is 2.28. The van der Waals surface area contributed by atoms with E-state index in [1.54, 1.807) is 90.7 Å².